The molecule has 0 heterocycles. The van der Waals surface area contributed by atoms with Crippen LogP contribution < -0.4 is 0 Å². The first kappa shape index (κ1) is 12.7. The van der Waals surface area contributed by atoms with Crippen LogP contribution in [0.15, 0.2) is 48.5 Å². The molecule has 1 aliphatic carbocycles. The Morgan fingerprint density at radius 2 is 1.74 bits per heavy atom. The second-order valence-corrected chi connectivity index (χ2v) is 5.63. The molecule has 3 rings (SSSR count). The number of hydrogen-bond acceptors (Lipinski definition) is 1. The summed E-state index contributed by atoms with van der Waals surface area (Å²) in [5.74, 6) is 0.168. The number of halogens is 1. The number of rotatable bonds is 1. The molecule has 0 spiro atoms. The third kappa shape index (κ3) is 2.54. The monoisotopic (exact) mass is 272 g/mol. The molecule has 0 fully saturated rings. The lowest BCUT2D eigenvalue weighted by Crippen LogP contribution is -2.10. The van der Waals surface area contributed by atoms with E-state index in [4.69, 9.17) is 11.6 Å². The van der Waals surface area contributed by atoms with E-state index in [0.717, 1.165) is 29.8 Å². The molecule has 0 unspecified atom stereocenters. The first-order valence-electron chi connectivity index (χ1n) is 6.77. The van der Waals surface area contributed by atoms with Crippen LogP contribution in [0.4, 0.5) is 0 Å². The van der Waals surface area contributed by atoms with Crippen LogP contribution in [0.25, 0.3) is 0 Å². The van der Waals surface area contributed by atoms with Crippen LogP contribution in [0.3, 0.4) is 0 Å². The predicted octanol–water partition coefficient (Wildman–Crippen LogP) is 4.49. The van der Waals surface area contributed by atoms with Gasteiger partial charge in [-0.15, -0.1) is 0 Å². The minimum absolute atomic E-state index is 0.168. The molecule has 2 heteroatoms. The lowest BCUT2D eigenvalue weighted by Gasteiger charge is -2.22. The molecule has 2 aromatic carbocycles. The van der Waals surface area contributed by atoms with Crippen LogP contribution in [0.2, 0.25) is 5.02 Å². The van der Waals surface area contributed by atoms with E-state index in [0.29, 0.717) is 0 Å². The van der Waals surface area contributed by atoms with Crippen molar-refractivity contribution < 1.29 is 5.11 Å². The SMILES string of the molecule is O[C@H]1c2ccccc2CCC[C@@H]1c1ccc(Cl)cc1. The molecule has 19 heavy (non-hydrogen) atoms. The summed E-state index contributed by atoms with van der Waals surface area (Å²) in [5, 5.41) is 11.4. The van der Waals surface area contributed by atoms with Gasteiger partial charge < -0.3 is 5.11 Å². The van der Waals surface area contributed by atoms with Crippen LogP contribution in [-0.4, -0.2) is 5.11 Å². The van der Waals surface area contributed by atoms with Crippen molar-refractivity contribution in [1.29, 1.82) is 0 Å². The molecule has 0 amide bonds. The minimum atomic E-state index is -0.417. The Hall–Kier alpha value is -1.31. The zero-order chi connectivity index (χ0) is 13.2. The average molecular weight is 273 g/mol. The molecule has 0 aliphatic heterocycles. The molecule has 2 atom stereocenters. The molecular weight excluding hydrogens is 256 g/mol. The lowest BCUT2D eigenvalue weighted by molar-refractivity contribution is 0.142. The maximum Gasteiger partial charge on any atom is 0.0861 e. The number of aliphatic hydroxyl groups excluding tert-OH is 1. The molecule has 2 aromatic rings. The van der Waals surface area contributed by atoms with Crippen LogP contribution in [0.1, 0.15) is 41.6 Å². The molecule has 0 radical (unpaired) electrons. The lowest BCUT2D eigenvalue weighted by atomic mass is 9.87. The zero-order valence-electron chi connectivity index (χ0n) is 10.7. The summed E-state index contributed by atoms with van der Waals surface area (Å²) in [4.78, 5) is 0. The second kappa shape index (κ2) is 5.36. The quantitative estimate of drug-likeness (QED) is 0.758. The summed E-state index contributed by atoms with van der Waals surface area (Å²) < 4.78 is 0. The largest absolute Gasteiger partial charge is 0.388 e. The van der Waals surface area contributed by atoms with Crippen molar-refractivity contribution in [3.8, 4) is 0 Å². The standard InChI is InChI=1S/C17H17ClO/c18-14-10-8-13(9-11-14)16-7-3-5-12-4-1-2-6-15(12)17(16)19/h1-2,4,6,8-11,16-17,19H,3,5,7H2/t16-,17+/m1/s1. The van der Waals surface area contributed by atoms with Crippen molar-refractivity contribution >= 4 is 11.6 Å². The number of aliphatic hydroxyl groups is 1. The van der Waals surface area contributed by atoms with Crippen molar-refractivity contribution in [2.75, 3.05) is 0 Å². The van der Waals surface area contributed by atoms with Gasteiger partial charge in [-0.05, 0) is 48.1 Å². The van der Waals surface area contributed by atoms with E-state index in [2.05, 4.69) is 6.07 Å². The van der Waals surface area contributed by atoms with Gasteiger partial charge in [-0.3, -0.25) is 0 Å². The van der Waals surface area contributed by atoms with Gasteiger partial charge >= 0.3 is 0 Å². The van der Waals surface area contributed by atoms with Gasteiger partial charge in [-0.1, -0.05) is 48.0 Å². The smallest absolute Gasteiger partial charge is 0.0861 e. The van der Waals surface area contributed by atoms with Crippen LogP contribution in [-0.2, 0) is 6.42 Å². The summed E-state index contributed by atoms with van der Waals surface area (Å²) in [6.07, 6.45) is 2.76. The molecule has 0 saturated carbocycles. The van der Waals surface area contributed by atoms with Crippen LogP contribution >= 0.6 is 11.6 Å². The van der Waals surface area contributed by atoms with E-state index < -0.39 is 6.10 Å². The van der Waals surface area contributed by atoms with Gasteiger partial charge in [0.05, 0.1) is 6.10 Å². The van der Waals surface area contributed by atoms with Gasteiger partial charge in [0, 0.05) is 10.9 Å². The summed E-state index contributed by atoms with van der Waals surface area (Å²) in [7, 11) is 0. The second-order valence-electron chi connectivity index (χ2n) is 5.19. The normalized spacial score (nSPS) is 22.6. The van der Waals surface area contributed by atoms with E-state index in [-0.39, 0.29) is 5.92 Å². The fourth-order valence-electron chi connectivity index (χ4n) is 3.00. The Balaban J connectivity index is 1.97. The van der Waals surface area contributed by atoms with Crippen molar-refractivity contribution in [3.05, 3.63) is 70.2 Å². The van der Waals surface area contributed by atoms with Crippen molar-refractivity contribution in [1.82, 2.24) is 0 Å². The highest BCUT2D eigenvalue weighted by molar-refractivity contribution is 6.30. The van der Waals surface area contributed by atoms with Gasteiger partial charge in [-0.25, -0.2) is 0 Å². The molecule has 0 aromatic heterocycles. The highest BCUT2D eigenvalue weighted by atomic mass is 35.5. The first-order chi connectivity index (χ1) is 9.25. The van der Waals surface area contributed by atoms with E-state index >= 15 is 0 Å². The van der Waals surface area contributed by atoms with Crippen LogP contribution in [0.5, 0.6) is 0 Å². The van der Waals surface area contributed by atoms with E-state index in [1.165, 1.54) is 11.1 Å². The Labute approximate surface area is 118 Å². The maximum atomic E-state index is 10.7. The maximum absolute atomic E-state index is 10.7. The third-order valence-corrected chi connectivity index (χ3v) is 4.27. The van der Waals surface area contributed by atoms with Crippen molar-refractivity contribution in [2.24, 2.45) is 0 Å². The van der Waals surface area contributed by atoms with Crippen molar-refractivity contribution in [3.63, 3.8) is 0 Å². The molecular formula is C17H17ClO. The Kier molecular flexibility index (Phi) is 3.58. The average Bonchev–Trinajstić information content (AvgIpc) is 2.60. The topological polar surface area (TPSA) is 20.2 Å². The van der Waals surface area contributed by atoms with Crippen molar-refractivity contribution in [2.45, 2.75) is 31.3 Å². The third-order valence-electron chi connectivity index (χ3n) is 4.01. The Morgan fingerprint density at radius 1 is 1.00 bits per heavy atom. The number of aryl methyl sites for hydroxylation is 1. The molecule has 0 saturated heterocycles. The molecule has 98 valence electrons. The molecule has 1 N–H and O–H groups in total. The fourth-order valence-corrected chi connectivity index (χ4v) is 3.12. The van der Waals surface area contributed by atoms with Gasteiger partial charge in [-0.2, -0.15) is 0 Å². The number of fused-ring (bicyclic) bond motifs is 1. The highest BCUT2D eigenvalue weighted by Crippen LogP contribution is 2.39. The molecule has 1 nitrogen and oxygen atoms in total. The minimum Gasteiger partial charge on any atom is -0.388 e. The Morgan fingerprint density at radius 3 is 2.53 bits per heavy atom. The first-order valence-corrected chi connectivity index (χ1v) is 7.15. The number of benzene rings is 2. The van der Waals surface area contributed by atoms with Gasteiger partial charge in [0.1, 0.15) is 0 Å². The summed E-state index contributed by atoms with van der Waals surface area (Å²) in [6.45, 7) is 0. The Bertz CT molecular complexity index is 562. The van der Waals surface area contributed by atoms with E-state index in [1.54, 1.807) is 0 Å². The van der Waals surface area contributed by atoms with Gasteiger partial charge in [0.25, 0.3) is 0 Å². The summed E-state index contributed by atoms with van der Waals surface area (Å²) in [5.41, 5.74) is 3.54. The molecule has 0 bridgehead atoms. The summed E-state index contributed by atoms with van der Waals surface area (Å²) in [6, 6.07) is 16.1. The predicted molar refractivity (Wildman–Crippen MR) is 78.5 cm³/mol. The van der Waals surface area contributed by atoms with E-state index in [1.807, 2.05) is 42.5 Å². The fraction of sp³-hybridized carbons (Fsp3) is 0.294. The number of hydrogen-bond donors (Lipinski definition) is 1. The van der Waals surface area contributed by atoms with E-state index in [9.17, 15) is 5.11 Å². The summed E-state index contributed by atoms with van der Waals surface area (Å²) >= 11 is 5.94. The highest BCUT2D eigenvalue weighted by Gasteiger charge is 2.26. The van der Waals surface area contributed by atoms with Gasteiger partial charge in [0.2, 0.25) is 0 Å². The molecule has 1 aliphatic rings. The van der Waals surface area contributed by atoms with Crippen LogP contribution in [0, 0.1) is 0 Å². The van der Waals surface area contributed by atoms with Gasteiger partial charge in [0.15, 0.2) is 0 Å². The zero-order valence-corrected chi connectivity index (χ0v) is 11.5.